The van der Waals surface area contributed by atoms with Gasteiger partial charge in [-0.3, -0.25) is 0 Å². The van der Waals surface area contributed by atoms with Gasteiger partial charge in [-0.1, -0.05) is 32.1 Å². The van der Waals surface area contributed by atoms with E-state index in [9.17, 15) is 4.39 Å². The molecule has 0 radical (unpaired) electrons. The van der Waals surface area contributed by atoms with Crippen molar-refractivity contribution in [3.8, 4) is 5.75 Å². The Balaban J connectivity index is 1.94. The van der Waals surface area contributed by atoms with Crippen LogP contribution in [-0.4, -0.2) is 7.11 Å². The molecular formula is C16H24FNO. The summed E-state index contributed by atoms with van der Waals surface area (Å²) in [5, 5.41) is 0. The van der Waals surface area contributed by atoms with Crippen molar-refractivity contribution in [2.24, 2.45) is 11.7 Å². The molecule has 1 atom stereocenters. The molecule has 1 aliphatic carbocycles. The molecule has 2 nitrogen and oxygen atoms in total. The highest BCUT2D eigenvalue weighted by Crippen LogP contribution is 2.32. The van der Waals surface area contributed by atoms with Crippen LogP contribution in [0.15, 0.2) is 18.2 Å². The van der Waals surface area contributed by atoms with Crippen LogP contribution in [0.3, 0.4) is 0 Å². The van der Waals surface area contributed by atoms with E-state index < -0.39 is 0 Å². The number of hydrogen-bond donors (Lipinski definition) is 1. The van der Waals surface area contributed by atoms with E-state index in [1.54, 1.807) is 13.2 Å². The van der Waals surface area contributed by atoms with Crippen molar-refractivity contribution in [1.29, 1.82) is 0 Å². The molecule has 1 aromatic carbocycles. The highest BCUT2D eigenvalue weighted by atomic mass is 19.1. The topological polar surface area (TPSA) is 35.2 Å². The van der Waals surface area contributed by atoms with Gasteiger partial charge in [0, 0.05) is 11.6 Å². The lowest BCUT2D eigenvalue weighted by atomic mass is 9.84. The monoisotopic (exact) mass is 265 g/mol. The van der Waals surface area contributed by atoms with Crippen LogP contribution in [0.25, 0.3) is 0 Å². The molecule has 19 heavy (non-hydrogen) atoms. The predicted octanol–water partition coefficient (Wildman–Crippen LogP) is 4.19. The van der Waals surface area contributed by atoms with E-state index >= 15 is 0 Å². The Hall–Kier alpha value is -1.09. The average Bonchev–Trinajstić information content (AvgIpc) is 2.46. The minimum atomic E-state index is -0.246. The Morgan fingerprint density at radius 1 is 1.32 bits per heavy atom. The van der Waals surface area contributed by atoms with Gasteiger partial charge in [0.1, 0.15) is 11.6 Å². The van der Waals surface area contributed by atoms with Gasteiger partial charge in [0.05, 0.1) is 7.11 Å². The molecule has 1 aromatic rings. The first-order chi connectivity index (χ1) is 9.20. The van der Waals surface area contributed by atoms with Crippen LogP contribution in [0.2, 0.25) is 0 Å². The lowest BCUT2D eigenvalue weighted by Crippen LogP contribution is -2.15. The van der Waals surface area contributed by atoms with Gasteiger partial charge in [0.2, 0.25) is 0 Å². The Bertz CT molecular complexity index is 402. The van der Waals surface area contributed by atoms with Crippen LogP contribution in [0.5, 0.6) is 5.75 Å². The summed E-state index contributed by atoms with van der Waals surface area (Å²) in [6.45, 7) is 0. The van der Waals surface area contributed by atoms with Crippen LogP contribution in [0.4, 0.5) is 4.39 Å². The van der Waals surface area contributed by atoms with E-state index in [0.717, 1.165) is 24.3 Å². The van der Waals surface area contributed by atoms with Gasteiger partial charge in [-0.25, -0.2) is 4.39 Å². The lowest BCUT2D eigenvalue weighted by molar-refractivity contribution is 0.322. The van der Waals surface area contributed by atoms with E-state index in [1.165, 1.54) is 44.2 Å². The summed E-state index contributed by atoms with van der Waals surface area (Å²) < 4.78 is 18.6. The fraction of sp³-hybridized carbons (Fsp3) is 0.625. The summed E-state index contributed by atoms with van der Waals surface area (Å²) in [5.41, 5.74) is 7.00. The van der Waals surface area contributed by atoms with Crippen molar-refractivity contribution in [2.75, 3.05) is 7.11 Å². The third-order valence-electron chi connectivity index (χ3n) is 4.20. The van der Waals surface area contributed by atoms with Crippen LogP contribution in [0.1, 0.15) is 56.6 Å². The zero-order valence-electron chi connectivity index (χ0n) is 11.7. The average molecular weight is 265 g/mol. The second kappa shape index (κ2) is 6.90. The normalized spacial score (nSPS) is 18.3. The van der Waals surface area contributed by atoms with Crippen molar-refractivity contribution < 1.29 is 9.13 Å². The molecule has 1 fully saturated rings. The Morgan fingerprint density at radius 2 is 2.05 bits per heavy atom. The fourth-order valence-corrected chi connectivity index (χ4v) is 3.04. The van der Waals surface area contributed by atoms with Gasteiger partial charge < -0.3 is 10.5 Å². The lowest BCUT2D eigenvalue weighted by Gasteiger charge is -2.23. The molecule has 3 heteroatoms. The van der Waals surface area contributed by atoms with Gasteiger partial charge in [-0.2, -0.15) is 0 Å². The van der Waals surface area contributed by atoms with Crippen molar-refractivity contribution in [1.82, 2.24) is 0 Å². The van der Waals surface area contributed by atoms with Crippen LogP contribution >= 0.6 is 0 Å². The number of nitrogens with two attached hydrogens (primary N) is 1. The quantitative estimate of drug-likeness (QED) is 0.866. The summed E-state index contributed by atoms with van der Waals surface area (Å²) >= 11 is 0. The molecule has 0 heterocycles. The first-order valence-electron chi connectivity index (χ1n) is 7.29. The molecule has 106 valence electrons. The van der Waals surface area contributed by atoms with E-state index in [2.05, 4.69) is 0 Å². The van der Waals surface area contributed by atoms with Crippen molar-refractivity contribution in [2.45, 2.75) is 51.0 Å². The van der Waals surface area contributed by atoms with E-state index in [-0.39, 0.29) is 11.9 Å². The molecule has 1 aliphatic rings. The third-order valence-corrected chi connectivity index (χ3v) is 4.20. The second-order valence-electron chi connectivity index (χ2n) is 5.57. The largest absolute Gasteiger partial charge is 0.496 e. The molecule has 1 unspecified atom stereocenters. The first-order valence-corrected chi connectivity index (χ1v) is 7.29. The molecule has 0 spiro atoms. The number of ether oxygens (including phenoxy) is 1. The Labute approximate surface area is 115 Å². The summed E-state index contributed by atoms with van der Waals surface area (Å²) in [6, 6.07) is 4.44. The molecule has 0 saturated heterocycles. The summed E-state index contributed by atoms with van der Waals surface area (Å²) in [5.74, 6) is 1.25. The fourth-order valence-electron chi connectivity index (χ4n) is 3.04. The van der Waals surface area contributed by atoms with E-state index in [1.807, 2.05) is 0 Å². The number of hydrogen-bond acceptors (Lipinski definition) is 2. The number of methoxy groups -OCH3 is 1. The SMILES string of the molecule is COc1ccc(F)cc1C(N)CCC1CCCCC1. The highest BCUT2D eigenvalue weighted by molar-refractivity contribution is 5.36. The van der Waals surface area contributed by atoms with E-state index in [4.69, 9.17) is 10.5 Å². The molecule has 2 N–H and O–H groups in total. The maximum Gasteiger partial charge on any atom is 0.123 e. The Kier molecular flexibility index (Phi) is 5.20. The minimum Gasteiger partial charge on any atom is -0.496 e. The summed E-state index contributed by atoms with van der Waals surface area (Å²) in [7, 11) is 1.60. The maximum atomic E-state index is 13.3. The van der Waals surface area contributed by atoms with Crippen molar-refractivity contribution in [3.63, 3.8) is 0 Å². The zero-order chi connectivity index (χ0) is 13.7. The first kappa shape index (κ1) is 14.3. The van der Waals surface area contributed by atoms with Gasteiger partial charge in [0.25, 0.3) is 0 Å². The molecule has 0 aromatic heterocycles. The molecular weight excluding hydrogens is 241 g/mol. The molecule has 0 bridgehead atoms. The number of halogens is 1. The van der Waals surface area contributed by atoms with Crippen molar-refractivity contribution in [3.05, 3.63) is 29.6 Å². The summed E-state index contributed by atoms with van der Waals surface area (Å²) in [6.07, 6.45) is 8.78. The second-order valence-corrected chi connectivity index (χ2v) is 5.57. The molecule has 0 amide bonds. The van der Waals surface area contributed by atoms with Crippen LogP contribution < -0.4 is 10.5 Å². The third kappa shape index (κ3) is 3.93. The van der Waals surface area contributed by atoms with Crippen LogP contribution in [-0.2, 0) is 0 Å². The Morgan fingerprint density at radius 3 is 2.74 bits per heavy atom. The molecule has 1 saturated carbocycles. The number of rotatable bonds is 5. The molecule has 0 aliphatic heterocycles. The van der Waals surface area contributed by atoms with Crippen molar-refractivity contribution >= 4 is 0 Å². The zero-order valence-corrected chi connectivity index (χ0v) is 11.7. The standard InChI is InChI=1S/C16H24FNO/c1-19-16-10-8-13(17)11-14(16)15(18)9-7-12-5-3-2-4-6-12/h8,10-12,15H,2-7,9,18H2,1H3. The number of benzene rings is 1. The smallest absolute Gasteiger partial charge is 0.123 e. The van der Waals surface area contributed by atoms with Gasteiger partial charge in [-0.15, -0.1) is 0 Å². The maximum absolute atomic E-state index is 13.3. The van der Waals surface area contributed by atoms with Gasteiger partial charge >= 0.3 is 0 Å². The highest BCUT2D eigenvalue weighted by Gasteiger charge is 2.17. The molecule has 2 rings (SSSR count). The van der Waals surface area contributed by atoms with Crippen LogP contribution in [0, 0.1) is 11.7 Å². The van der Waals surface area contributed by atoms with Gasteiger partial charge in [0.15, 0.2) is 0 Å². The minimum absolute atomic E-state index is 0.132. The van der Waals surface area contributed by atoms with E-state index in [0.29, 0.717) is 5.75 Å². The van der Waals surface area contributed by atoms with Gasteiger partial charge in [-0.05, 0) is 37.0 Å². The predicted molar refractivity (Wildman–Crippen MR) is 75.7 cm³/mol. The summed E-state index contributed by atoms with van der Waals surface area (Å²) in [4.78, 5) is 0.